The fraction of sp³-hybridized carbons (Fsp3) is 0.418. The quantitative estimate of drug-likeness (QED) is 0.0349. The largest absolute Gasteiger partial charge is 0.472 e. The molecule has 3 aliphatic heterocycles. The smallest absolute Gasteiger partial charge is 0.416 e. The van der Waals surface area contributed by atoms with E-state index in [9.17, 15) is 68.3 Å². The van der Waals surface area contributed by atoms with Gasteiger partial charge in [0.1, 0.15) is 73.9 Å². The van der Waals surface area contributed by atoms with Crippen LogP contribution in [0.2, 0.25) is 0 Å². The highest BCUT2D eigenvalue weighted by Gasteiger charge is 2.54. The van der Waals surface area contributed by atoms with Crippen molar-refractivity contribution < 1.29 is 78.1 Å². The van der Waals surface area contributed by atoms with Crippen LogP contribution in [0.3, 0.4) is 0 Å². The van der Waals surface area contributed by atoms with Gasteiger partial charge in [0, 0.05) is 57.2 Å². The van der Waals surface area contributed by atoms with E-state index in [0.29, 0.717) is 60.0 Å². The molecule has 5 amide bonds. The van der Waals surface area contributed by atoms with Gasteiger partial charge in [-0.2, -0.15) is 70.1 Å². The minimum absolute atomic E-state index is 0. The number of hydrogen-bond donors (Lipinski definition) is 8. The number of aromatic nitrogens is 12. The highest BCUT2D eigenvalue weighted by atomic mass is 35.5. The average molecular weight is 1700 g/mol. The molecule has 3 aliphatic carbocycles. The van der Waals surface area contributed by atoms with Crippen molar-refractivity contribution >= 4 is 78.0 Å². The molecule has 3 spiro atoms. The number of primary amides is 3. The second-order valence-corrected chi connectivity index (χ2v) is 31.3. The van der Waals surface area contributed by atoms with Gasteiger partial charge in [-0.1, -0.05) is 48.2 Å². The number of benzene rings is 3. The summed E-state index contributed by atoms with van der Waals surface area (Å²) in [6.45, 7) is 13.3. The monoisotopic (exact) mass is 1700 g/mol. The molecule has 6 aliphatic rings. The van der Waals surface area contributed by atoms with Crippen LogP contribution in [-0.2, 0) is 52.5 Å². The van der Waals surface area contributed by atoms with Crippen LogP contribution in [-0.4, -0.2) is 154 Å². The number of amides is 5. The summed E-state index contributed by atoms with van der Waals surface area (Å²) in [5.74, 6) is 6.37. The number of nitrogens with zero attached hydrogens (tertiary/aromatic N) is 14. The van der Waals surface area contributed by atoms with Crippen LogP contribution in [0.1, 0.15) is 175 Å². The molecule has 119 heavy (non-hydrogen) atoms. The Labute approximate surface area is 688 Å². The van der Waals surface area contributed by atoms with Crippen LogP contribution in [0, 0.1) is 39.9 Å². The van der Waals surface area contributed by atoms with Crippen molar-refractivity contribution in [2.24, 2.45) is 33.4 Å². The Morgan fingerprint density at radius 1 is 0.496 bits per heavy atom. The molecule has 6 aromatic heterocycles. The van der Waals surface area contributed by atoms with E-state index >= 15 is 0 Å². The Morgan fingerprint density at radius 3 is 1.13 bits per heavy atom. The molecule has 3 saturated heterocycles. The van der Waals surface area contributed by atoms with E-state index in [1.165, 1.54) is 39.2 Å². The summed E-state index contributed by atoms with van der Waals surface area (Å²) >= 11 is 0. The number of nitrogens with two attached hydrogens (primary N) is 6. The number of carbonyl (C=O) groups excluding carboxylic acids is 5. The molecule has 634 valence electrons. The summed E-state index contributed by atoms with van der Waals surface area (Å²) in [5.41, 5.74) is 36.5. The number of hydrogen-bond acceptors (Lipinski definition) is 17. The van der Waals surface area contributed by atoms with Crippen molar-refractivity contribution in [3.8, 4) is 57.8 Å². The van der Waals surface area contributed by atoms with Crippen molar-refractivity contribution in [3.63, 3.8) is 0 Å². The van der Waals surface area contributed by atoms with Crippen LogP contribution >= 0.6 is 24.8 Å². The average Bonchev–Trinajstić information content (AvgIpc) is 1.60. The minimum Gasteiger partial charge on any atom is -0.472 e. The first-order valence-corrected chi connectivity index (χ1v) is 37.3. The van der Waals surface area contributed by atoms with Crippen molar-refractivity contribution in [3.05, 3.63) is 160 Å². The van der Waals surface area contributed by atoms with Crippen LogP contribution < -0.4 is 39.7 Å². The van der Waals surface area contributed by atoms with Crippen LogP contribution in [0.4, 0.5) is 61.8 Å². The molecule has 0 atom stereocenters. The van der Waals surface area contributed by atoms with E-state index in [4.69, 9.17) is 44.2 Å². The molecule has 0 radical (unpaired) electrons. The van der Waals surface area contributed by atoms with E-state index < -0.39 is 64.5 Å². The van der Waals surface area contributed by atoms with Crippen LogP contribution in [0.15, 0.2) is 110 Å². The summed E-state index contributed by atoms with van der Waals surface area (Å²) in [5, 5.41) is 38.2. The first-order valence-electron chi connectivity index (χ1n) is 37.3. The number of carbonyl (C=O) groups is 6. The lowest BCUT2D eigenvalue weighted by atomic mass is 9.65. The predicted octanol–water partition coefficient (Wildman–Crippen LogP) is 11.3. The van der Waals surface area contributed by atoms with Crippen molar-refractivity contribution in [1.82, 2.24) is 73.8 Å². The van der Waals surface area contributed by atoms with E-state index in [1.807, 2.05) is 26.7 Å². The molecule has 40 heteroatoms. The number of nitrogen functional groups attached to an aromatic ring is 3. The molecule has 9 aromatic rings. The van der Waals surface area contributed by atoms with Gasteiger partial charge in [0.25, 0.3) is 23.6 Å². The van der Waals surface area contributed by atoms with Crippen molar-refractivity contribution in [2.75, 3.05) is 56.5 Å². The third-order valence-corrected chi connectivity index (χ3v) is 21.7. The maximum absolute atomic E-state index is 13.1. The number of nitrogens with one attached hydrogen (secondary N) is 1. The van der Waals surface area contributed by atoms with E-state index in [1.54, 1.807) is 85.8 Å². The lowest BCUT2D eigenvalue weighted by Gasteiger charge is -2.45. The van der Waals surface area contributed by atoms with Gasteiger partial charge < -0.3 is 59.4 Å². The molecular weight excluding hydrogens is 1610 g/mol. The maximum Gasteiger partial charge on any atom is 0.416 e. The summed E-state index contributed by atoms with van der Waals surface area (Å²) in [4.78, 5) is 74.4. The van der Waals surface area contributed by atoms with Gasteiger partial charge in [0.15, 0.2) is 0 Å². The maximum atomic E-state index is 13.1. The molecule has 0 unspecified atom stereocenters. The topological polar surface area (TPSA) is 413 Å². The summed E-state index contributed by atoms with van der Waals surface area (Å²) in [6.07, 6.45) is -1.25. The SMILES string of the molecule is CC#CC(=O)N1CCC2(CC(n3nc(-c4ccn(Cc5cccc(C(F)(F)F)c5)n4)c(C(N)=O)c3N)C2)C1.CC#CC(=O)O.CC(C)(C)OC(=O)N1CCC2(CC(n3nc(-c4ccn(Cc5cccc(C(F)(F)F)c5)n4)c(C(N)=O)c3N)C2)C1.Cl.Cl.NC(=O)c1c(-c2ccn(Cc3cccc(C(F)(F)F)c3)n2)nn(C2CC3(CCNC3)C2)c1N. The Morgan fingerprint density at radius 2 is 0.832 bits per heavy atom. The normalized spacial score (nSPS) is 20.2. The van der Waals surface area contributed by atoms with Gasteiger partial charge in [0.2, 0.25) is 0 Å². The van der Waals surface area contributed by atoms with Gasteiger partial charge >= 0.3 is 30.6 Å². The lowest BCUT2D eigenvalue weighted by Crippen LogP contribution is -2.43. The summed E-state index contributed by atoms with van der Waals surface area (Å²) in [6, 6.07) is 19.9. The van der Waals surface area contributed by atoms with Crippen LogP contribution in [0.5, 0.6) is 0 Å². The standard InChI is InChI=1S/C27H32F3N7O3.C26H26F3N7O2.C22H24F3N7O.C4H4O2.2ClH/c1-25(2,3)40-24(39)35-10-8-26(15-35)12-18(13-26)37-22(31)20(23(32)38)21(34-37)19-7-9-36(33-19)14-16-5-4-6-17(11-16)27(28,29)30;1-2-4-20(37)34-10-8-25(15-34)12-18(13-25)36-23(30)21(24(31)38)22(33-36)19-7-9-35(32-19)14-16-5-3-6-17(11-16)26(27,28)29;23-22(24,25)14-3-1-2-13(8-14)11-31-7-4-16(29-31)18-17(20(27)33)19(26)32(30-18)15-9-21(10-15)5-6-28-12-21;1-2-3-4(5)6;;/h4-7,9,11,18H,8,10,12-15,31H2,1-3H3,(H2,32,38);3,5-7,9,11,18H,8,10,12-15,30H2,1H3,(H2,31,38);1-4,7-8,15,28H,5-6,9-12,26H2,(H2,27,33);1H3,(H,5,6);2*1H. The van der Waals surface area contributed by atoms with Gasteiger partial charge in [-0.25, -0.2) is 23.6 Å². The predicted molar refractivity (Wildman–Crippen MR) is 423 cm³/mol. The molecule has 29 nitrogen and oxygen atoms in total. The number of aliphatic carboxylic acids is 1. The molecule has 9 heterocycles. The number of carboxylic acid groups (broad SMARTS) is 1. The number of halogens is 11. The number of carboxylic acids is 1. The zero-order valence-corrected chi connectivity index (χ0v) is 66.7. The Kier molecular flexibility index (Phi) is 26.2. The van der Waals surface area contributed by atoms with Crippen LogP contribution in [0.25, 0.3) is 34.2 Å². The zero-order chi connectivity index (χ0) is 84.6. The Balaban J connectivity index is 0.000000180. The number of alkyl halides is 9. The van der Waals surface area contributed by atoms with Crippen molar-refractivity contribution in [1.29, 1.82) is 0 Å². The van der Waals surface area contributed by atoms with Gasteiger partial charge in [-0.05, 0) is 192 Å². The van der Waals surface area contributed by atoms with Gasteiger partial charge in [-0.15, -0.1) is 24.8 Å². The summed E-state index contributed by atoms with van der Waals surface area (Å²) < 4.78 is 132. The Hall–Kier alpha value is -12.0. The molecular formula is C79H88Cl2F9N21O8. The second-order valence-electron chi connectivity index (χ2n) is 31.3. The first kappa shape index (κ1) is 89.3. The third-order valence-electron chi connectivity index (χ3n) is 21.7. The number of rotatable bonds is 15. The van der Waals surface area contributed by atoms with E-state index in [2.05, 4.69) is 53.7 Å². The third kappa shape index (κ3) is 20.1. The molecule has 3 saturated carbocycles. The fourth-order valence-electron chi connectivity index (χ4n) is 16.2. The fourth-order valence-corrected chi connectivity index (χ4v) is 16.2. The molecule has 3 aromatic carbocycles. The molecule has 0 bridgehead atoms. The van der Waals surface area contributed by atoms with E-state index in [-0.39, 0.29) is 142 Å². The summed E-state index contributed by atoms with van der Waals surface area (Å²) in [7, 11) is 0. The molecule has 6 fully saturated rings. The van der Waals surface area contributed by atoms with Gasteiger partial charge in [0.05, 0.1) is 54.5 Å². The number of ether oxygens (including phenoxy) is 1. The first-order chi connectivity index (χ1) is 55.1. The number of anilines is 3. The van der Waals surface area contributed by atoms with Gasteiger partial charge in [-0.3, -0.25) is 33.2 Å². The highest BCUT2D eigenvalue weighted by molar-refractivity contribution is 6.04. The Bertz CT molecular complexity index is 5410. The van der Waals surface area contributed by atoms with E-state index in [0.717, 1.165) is 107 Å². The number of likely N-dealkylation sites (tertiary alicyclic amines) is 2. The zero-order valence-electron chi connectivity index (χ0n) is 65.1. The highest BCUT2D eigenvalue weighted by Crippen LogP contribution is 2.57. The lowest BCUT2D eigenvalue weighted by molar-refractivity contribution is -0.138. The minimum atomic E-state index is -4.45. The van der Waals surface area contributed by atoms with Crippen molar-refractivity contribution in [2.45, 2.75) is 154 Å². The second kappa shape index (κ2) is 34.9. The molecule has 14 N–H and O–H groups in total. The molecule has 15 rings (SSSR count).